The number of hydrogen-bond acceptors (Lipinski definition) is 0. The molecule has 0 heterocycles. The highest BCUT2D eigenvalue weighted by Crippen LogP contribution is 2.29. The molecule has 19 heavy (non-hydrogen) atoms. The van der Waals surface area contributed by atoms with Crippen LogP contribution in [0.2, 0.25) is 0 Å². The van der Waals surface area contributed by atoms with E-state index in [-0.39, 0.29) is 10.9 Å². The molecular weight excluding hydrogens is 248 g/mol. The van der Waals surface area contributed by atoms with Gasteiger partial charge in [0.1, 0.15) is 4.91 Å². The SMILES string of the molecule is C/C=C\C=C(/C)[S+](c1ccccc1)c1ccccc1. The largest absolute Gasteiger partial charge is 0.166 e. The summed E-state index contributed by atoms with van der Waals surface area (Å²) in [5, 5.41) is 0. The van der Waals surface area contributed by atoms with Gasteiger partial charge < -0.3 is 0 Å². The van der Waals surface area contributed by atoms with Crippen LogP contribution in [0.15, 0.2) is 93.6 Å². The molecule has 0 bridgehead atoms. The average Bonchev–Trinajstić information content (AvgIpc) is 2.47. The molecule has 2 aromatic carbocycles. The lowest BCUT2D eigenvalue weighted by Crippen LogP contribution is -2.04. The van der Waals surface area contributed by atoms with Crippen molar-refractivity contribution in [3.63, 3.8) is 0 Å². The quantitative estimate of drug-likeness (QED) is 0.527. The van der Waals surface area contributed by atoms with Gasteiger partial charge in [-0.25, -0.2) is 0 Å². The molecule has 0 spiro atoms. The summed E-state index contributed by atoms with van der Waals surface area (Å²) in [5.41, 5.74) is 0. The summed E-state index contributed by atoms with van der Waals surface area (Å²) in [6.45, 7) is 4.26. The molecule has 0 radical (unpaired) electrons. The summed E-state index contributed by atoms with van der Waals surface area (Å²) in [6, 6.07) is 21.4. The first kappa shape index (κ1) is 13.7. The van der Waals surface area contributed by atoms with Crippen LogP contribution in [0.1, 0.15) is 13.8 Å². The predicted molar refractivity (Wildman–Crippen MR) is 85.4 cm³/mol. The molecule has 0 atom stereocenters. The fraction of sp³-hybridized carbons (Fsp3) is 0.111. The molecule has 0 saturated heterocycles. The zero-order valence-electron chi connectivity index (χ0n) is 11.4. The minimum absolute atomic E-state index is 0.0124. The lowest BCUT2D eigenvalue weighted by atomic mass is 10.4. The topological polar surface area (TPSA) is 0 Å². The van der Waals surface area contributed by atoms with Crippen LogP contribution < -0.4 is 0 Å². The molecule has 0 N–H and O–H groups in total. The molecule has 0 aliphatic rings. The first-order chi connectivity index (χ1) is 9.33. The van der Waals surface area contributed by atoms with Gasteiger partial charge in [0.2, 0.25) is 0 Å². The van der Waals surface area contributed by atoms with Gasteiger partial charge in [0.25, 0.3) is 0 Å². The fourth-order valence-corrected chi connectivity index (χ4v) is 4.01. The van der Waals surface area contributed by atoms with Gasteiger partial charge in [0.05, 0.1) is 10.9 Å². The number of benzene rings is 2. The molecule has 0 nitrogen and oxygen atoms in total. The standard InChI is InChI=1S/C18H19S/c1-3-4-11-16(2)19(17-12-7-5-8-13-17)18-14-9-6-10-15-18/h3-15H,1-2H3/q+1/b4-3-,16-11+. The molecule has 2 aromatic rings. The van der Waals surface area contributed by atoms with Crippen molar-refractivity contribution in [2.24, 2.45) is 0 Å². The molecular formula is C18H19S+. The highest BCUT2D eigenvalue weighted by atomic mass is 32.2. The maximum absolute atomic E-state index is 2.21. The van der Waals surface area contributed by atoms with E-state index in [2.05, 4.69) is 85.8 Å². The van der Waals surface area contributed by atoms with Crippen molar-refractivity contribution in [1.29, 1.82) is 0 Å². The summed E-state index contributed by atoms with van der Waals surface area (Å²) in [5.74, 6) is 0. The molecule has 0 amide bonds. The first-order valence-electron chi connectivity index (χ1n) is 6.47. The number of rotatable bonds is 4. The zero-order chi connectivity index (χ0) is 13.5. The van der Waals surface area contributed by atoms with Gasteiger partial charge in [-0.05, 0) is 37.3 Å². The van der Waals surface area contributed by atoms with E-state index in [1.54, 1.807) is 0 Å². The van der Waals surface area contributed by atoms with E-state index in [9.17, 15) is 0 Å². The van der Waals surface area contributed by atoms with Crippen molar-refractivity contribution >= 4 is 10.9 Å². The van der Waals surface area contributed by atoms with Crippen molar-refractivity contribution < 1.29 is 0 Å². The summed E-state index contributed by atoms with van der Waals surface area (Å²) in [4.78, 5) is 4.12. The smallest absolute Gasteiger partial charge is 0.0875 e. The van der Waals surface area contributed by atoms with E-state index in [0.717, 1.165) is 0 Å². The van der Waals surface area contributed by atoms with Crippen LogP contribution in [0.25, 0.3) is 0 Å². The Labute approximate surface area is 118 Å². The third-order valence-corrected chi connectivity index (χ3v) is 5.07. The highest BCUT2D eigenvalue weighted by molar-refractivity contribution is 8.00. The van der Waals surface area contributed by atoms with E-state index in [0.29, 0.717) is 0 Å². The van der Waals surface area contributed by atoms with Crippen molar-refractivity contribution in [1.82, 2.24) is 0 Å². The van der Waals surface area contributed by atoms with E-state index in [1.807, 2.05) is 6.92 Å². The van der Waals surface area contributed by atoms with Crippen molar-refractivity contribution in [3.05, 3.63) is 83.8 Å². The Morgan fingerprint density at radius 3 is 1.74 bits per heavy atom. The van der Waals surface area contributed by atoms with Crippen LogP contribution in [-0.2, 0) is 10.9 Å². The van der Waals surface area contributed by atoms with E-state index in [4.69, 9.17) is 0 Å². The molecule has 0 aliphatic heterocycles. The third kappa shape index (κ3) is 3.62. The van der Waals surface area contributed by atoms with Crippen LogP contribution in [0.4, 0.5) is 0 Å². The molecule has 0 fully saturated rings. The van der Waals surface area contributed by atoms with Crippen molar-refractivity contribution in [2.75, 3.05) is 0 Å². The van der Waals surface area contributed by atoms with E-state index < -0.39 is 0 Å². The summed E-state index contributed by atoms with van der Waals surface area (Å²) in [7, 11) is 0.0124. The minimum Gasteiger partial charge on any atom is -0.0875 e. The molecule has 2 rings (SSSR count). The van der Waals surface area contributed by atoms with Crippen LogP contribution in [0.5, 0.6) is 0 Å². The van der Waals surface area contributed by atoms with Gasteiger partial charge in [-0.3, -0.25) is 0 Å². The van der Waals surface area contributed by atoms with Crippen LogP contribution in [0.3, 0.4) is 0 Å². The fourth-order valence-electron chi connectivity index (χ4n) is 1.92. The average molecular weight is 267 g/mol. The molecule has 0 unspecified atom stereocenters. The Morgan fingerprint density at radius 1 is 0.842 bits per heavy atom. The summed E-state index contributed by atoms with van der Waals surface area (Å²) in [6.07, 6.45) is 6.39. The van der Waals surface area contributed by atoms with Gasteiger partial charge in [-0.15, -0.1) is 0 Å². The molecule has 0 aliphatic carbocycles. The monoisotopic (exact) mass is 267 g/mol. The summed E-state index contributed by atoms with van der Waals surface area (Å²) < 4.78 is 0. The minimum atomic E-state index is 0.0124. The first-order valence-corrected chi connectivity index (χ1v) is 7.69. The lowest BCUT2D eigenvalue weighted by molar-refractivity contribution is 1.37. The number of hydrogen-bond donors (Lipinski definition) is 0. The van der Waals surface area contributed by atoms with Crippen molar-refractivity contribution in [3.8, 4) is 0 Å². The predicted octanol–water partition coefficient (Wildman–Crippen LogP) is 5.20. The molecule has 0 aromatic heterocycles. The molecule has 1 heteroatoms. The van der Waals surface area contributed by atoms with Gasteiger partial charge in [0.15, 0.2) is 9.79 Å². The second-order valence-electron chi connectivity index (χ2n) is 4.24. The summed E-state index contributed by atoms with van der Waals surface area (Å²) >= 11 is 0. The van der Waals surface area contributed by atoms with E-state index in [1.165, 1.54) is 14.7 Å². The maximum Gasteiger partial charge on any atom is 0.166 e. The Hall–Kier alpha value is -1.73. The Kier molecular flexibility index (Phi) is 5.05. The molecule has 96 valence electrons. The van der Waals surface area contributed by atoms with Gasteiger partial charge in [-0.1, -0.05) is 48.6 Å². The molecule has 0 saturated carbocycles. The normalized spacial score (nSPS) is 12.3. The zero-order valence-corrected chi connectivity index (χ0v) is 12.2. The Balaban J connectivity index is 2.46. The second kappa shape index (κ2) is 7.01. The maximum atomic E-state index is 2.21. The van der Waals surface area contributed by atoms with Crippen LogP contribution in [-0.4, -0.2) is 0 Å². The highest BCUT2D eigenvalue weighted by Gasteiger charge is 2.27. The van der Waals surface area contributed by atoms with Gasteiger partial charge in [-0.2, -0.15) is 0 Å². The van der Waals surface area contributed by atoms with Gasteiger partial charge >= 0.3 is 0 Å². The Morgan fingerprint density at radius 2 is 1.32 bits per heavy atom. The van der Waals surface area contributed by atoms with E-state index >= 15 is 0 Å². The van der Waals surface area contributed by atoms with Crippen LogP contribution in [0, 0.1) is 0 Å². The lowest BCUT2D eigenvalue weighted by Gasteiger charge is -2.07. The van der Waals surface area contributed by atoms with Crippen molar-refractivity contribution in [2.45, 2.75) is 23.6 Å². The second-order valence-corrected chi connectivity index (χ2v) is 6.43. The van der Waals surface area contributed by atoms with Crippen LogP contribution >= 0.6 is 0 Å². The third-order valence-electron chi connectivity index (χ3n) is 2.80. The number of allylic oxidation sites excluding steroid dienone is 4. The Bertz CT molecular complexity index is 513. The van der Waals surface area contributed by atoms with Gasteiger partial charge in [0, 0.05) is 6.92 Å².